The molecule has 5 heteroatoms. The number of amides is 1. The number of carbonyl (C=O) groups excluding carboxylic acids is 1. The molecule has 4 nitrogen and oxygen atoms in total. The van der Waals surface area contributed by atoms with Crippen molar-refractivity contribution in [1.82, 2.24) is 14.8 Å². The second-order valence-electron chi connectivity index (χ2n) is 6.54. The van der Waals surface area contributed by atoms with Crippen LogP contribution in [0.1, 0.15) is 37.1 Å². The molecule has 1 aliphatic rings. The van der Waals surface area contributed by atoms with E-state index < -0.39 is 0 Å². The summed E-state index contributed by atoms with van der Waals surface area (Å²) in [6.45, 7) is 3.02. The first kappa shape index (κ1) is 17.5. The summed E-state index contributed by atoms with van der Waals surface area (Å²) in [7, 11) is 1.89. The number of halogens is 1. The third-order valence-electron chi connectivity index (χ3n) is 4.61. The molecule has 2 aromatic rings. The number of nitrogens with zero attached hydrogens (tertiary/aromatic N) is 3. The average molecular weight is 341 g/mol. The third-order valence-corrected chi connectivity index (χ3v) is 4.61. The molecule has 1 atom stereocenters. The van der Waals surface area contributed by atoms with Crippen LogP contribution in [0.3, 0.4) is 0 Å². The van der Waals surface area contributed by atoms with Crippen LogP contribution >= 0.6 is 0 Å². The zero-order valence-electron chi connectivity index (χ0n) is 14.7. The molecular weight excluding hydrogens is 317 g/mol. The lowest BCUT2D eigenvalue weighted by Gasteiger charge is -2.30. The summed E-state index contributed by atoms with van der Waals surface area (Å²) >= 11 is 0. The molecule has 0 aliphatic heterocycles. The van der Waals surface area contributed by atoms with Crippen molar-refractivity contribution < 1.29 is 9.18 Å². The van der Waals surface area contributed by atoms with E-state index in [-0.39, 0.29) is 24.3 Å². The van der Waals surface area contributed by atoms with Crippen LogP contribution < -0.4 is 0 Å². The molecule has 0 radical (unpaired) electrons. The van der Waals surface area contributed by atoms with Gasteiger partial charge in [-0.25, -0.2) is 4.39 Å². The summed E-state index contributed by atoms with van der Waals surface area (Å²) in [6.07, 6.45) is 3.91. The van der Waals surface area contributed by atoms with Crippen molar-refractivity contribution in [2.24, 2.45) is 0 Å². The van der Waals surface area contributed by atoms with E-state index in [1.807, 2.05) is 48.0 Å². The molecule has 3 rings (SSSR count). The maximum Gasteiger partial charge on any atom is 0.237 e. The topological polar surface area (TPSA) is 36.4 Å². The minimum atomic E-state index is -0.286. The van der Waals surface area contributed by atoms with Gasteiger partial charge in [0.2, 0.25) is 5.91 Å². The molecule has 1 aromatic carbocycles. The predicted molar refractivity (Wildman–Crippen MR) is 95.5 cm³/mol. The lowest BCUT2D eigenvalue weighted by molar-refractivity contribution is -0.132. The smallest absolute Gasteiger partial charge is 0.237 e. The molecule has 0 N–H and O–H groups in total. The van der Waals surface area contributed by atoms with Crippen molar-refractivity contribution in [3.05, 3.63) is 65.7 Å². The highest BCUT2D eigenvalue weighted by molar-refractivity contribution is 5.79. The molecule has 0 bridgehead atoms. The molecule has 25 heavy (non-hydrogen) atoms. The van der Waals surface area contributed by atoms with Gasteiger partial charge in [0.15, 0.2) is 0 Å². The Morgan fingerprint density at radius 2 is 2.08 bits per heavy atom. The number of carbonyl (C=O) groups is 1. The Balaban J connectivity index is 1.84. The van der Waals surface area contributed by atoms with Gasteiger partial charge in [0.1, 0.15) is 5.82 Å². The first-order valence-electron chi connectivity index (χ1n) is 8.76. The van der Waals surface area contributed by atoms with E-state index >= 15 is 0 Å². The van der Waals surface area contributed by atoms with Crippen LogP contribution in [0, 0.1) is 5.82 Å². The van der Waals surface area contributed by atoms with Gasteiger partial charge in [-0.1, -0.05) is 18.2 Å². The van der Waals surface area contributed by atoms with Gasteiger partial charge in [0.05, 0.1) is 18.3 Å². The molecule has 1 fully saturated rings. The van der Waals surface area contributed by atoms with Crippen molar-refractivity contribution in [2.45, 2.75) is 31.8 Å². The van der Waals surface area contributed by atoms with Gasteiger partial charge in [0, 0.05) is 18.8 Å². The number of likely N-dealkylation sites (N-methyl/N-ethyl adjacent to an activating group) is 2. The lowest BCUT2D eigenvalue weighted by Crippen LogP contribution is -2.41. The zero-order valence-corrected chi connectivity index (χ0v) is 14.7. The van der Waals surface area contributed by atoms with Gasteiger partial charge in [-0.3, -0.25) is 14.7 Å². The fraction of sp³-hybridized carbons (Fsp3) is 0.400. The minimum Gasteiger partial charge on any atom is -0.339 e. The van der Waals surface area contributed by atoms with E-state index in [2.05, 4.69) is 4.98 Å². The summed E-state index contributed by atoms with van der Waals surface area (Å²) in [5.41, 5.74) is 1.60. The minimum absolute atomic E-state index is 0.116. The van der Waals surface area contributed by atoms with Crippen LogP contribution in [0.4, 0.5) is 4.39 Å². The van der Waals surface area contributed by atoms with Crippen LogP contribution in [0.5, 0.6) is 0 Å². The maximum atomic E-state index is 13.8. The van der Waals surface area contributed by atoms with Crippen molar-refractivity contribution in [3.8, 4) is 0 Å². The normalized spacial score (nSPS) is 15.2. The number of pyridine rings is 1. The monoisotopic (exact) mass is 341 g/mol. The number of aromatic nitrogens is 1. The molecular formula is C20H24FN3O. The van der Waals surface area contributed by atoms with Gasteiger partial charge in [-0.2, -0.15) is 0 Å². The van der Waals surface area contributed by atoms with Gasteiger partial charge in [-0.05, 0) is 56.6 Å². The second-order valence-corrected chi connectivity index (χ2v) is 6.54. The van der Waals surface area contributed by atoms with E-state index in [0.29, 0.717) is 6.04 Å². The fourth-order valence-electron chi connectivity index (χ4n) is 3.29. The molecule has 0 spiro atoms. The Labute approximate surface area is 148 Å². The molecule has 132 valence electrons. The summed E-state index contributed by atoms with van der Waals surface area (Å²) in [6, 6.07) is 12.3. The summed E-state index contributed by atoms with van der Waals surface area (Å²) < 4.78 is 13.8. The van der Waals surface area contributed by atoms with E-state index in [1.165, 1.54) is 12.1 Å². The third kappa shape index (κ3) is 4.23. The van der Waals surface area contributed by atoms with Crippen LogP contribution in [0.2, 0.25) is 0 Å². The molecule has 0 unspecified atom stereocenters. The summed E-state index contributed by atoms with van der Waals surface area (Å²) in [5.74, 6) is -0.170. The van der Waals surface area contributed by atoms with Crippen molar-refractivity contribution in [1.29, 1.82) is 0 Å². The fourth-order valence-corrected chi connectivity index (χ4v) is 3.29. The highest BCUT2D eigenvalue weighted by Crippen LogP contribution is 2.29. The Morgan fingerprint density at radius 3 is 2.68 bits per heavy atom. The molecule has 1 saturated carbocycles. The van der Waals surface area contributed by atoms with Crippen LogP contribution in [0.15, 0.2) is 48.7 Å². The summed E-state index contributed by atoms with van der Waals surface area (Å²) in [5, 5.41) is 0. The molecule has 1 aromatic heterocycles. The van der Waals surface area contributed by atoms with E-state index in [9.17, 15) is 9.18 Å². The van der Waals surface area contributed by atoms with Gasteiger partial charge >= 0.3 is 0 Å². The molecule has 0 saturated heterocycles. The van der Waals surface area contributed by atoms with Crippen molar-refractivity contribution >= 4 is 5.91 Å². The Hall–Kier alpha value is -2.27. The lowest BCUT2D eigenvalue weighted by atomic mass is 10.0. The van der Waals surface area contributed by atoms with Crippen molar-refractivity contribution in [3.63, 3.8) is 0 Å². The van der Waals surface area contributed by atoms with Crippen LogP contribution in [-0.2, 0) is 4.79 Å². The van der Waals surface area contributed by atoms with Crippen LogP contribution in [-0.4, -0.2) is 46.9 Å². The molecule has 1 amide bonds. The van der Waals surface area contributed by atoms with Gasteiger partial charge < -0.3 is 4.90 Å². The van der Waals surface area contributed by atoms with E-state index in [4.69, 9.17) is 0 Å². The first-order valence-corrected chi connectivity index (χ1v) is 8.76. The highest BCUT2D eigenvalue weighted by Gasteiger charge is 2.32. The van der Waals surface area contributed by atoms with E-state index in [1.54, 1.807) is 12.3 Å². The Bertz CT molecular complexity index is 718. The number of benzene rings is 1. The van der Waals surface area contributed by atoms with Gasteiger partial charge in [-0.15, -0.1) is 0 Å². The Morgan fingerprint density at radius 1 is 1.28 bits per heavy atom. The number of rotatable bonds is 7. The number of hydrogen-bond acceptors (Lipinski definition) is 3. The zero-order chi connectivity index (χ0) is 17.8. The Kier molecular flexibility index (Phi) is 5.43. The number of hydrogen-bond donors (Lipinski definition) is 0. The molecule has 1 heterocycles. The SMILES string of the molecule is CCN(C(=O)CN(C)[C@H](c1cccc(F)c1)c1ccccn1)C1CC1. The standard InChI is InChI=1S/C20H24FN3O/c1-3-24(17-10-11-17)19(25)14-23(2)20(18-9-4-5-12-22-18)15-7-6-8-16(21)13-15/h4-9,12-13,17,20H,3,10-11,14H2,1-2H3/t20-/m1/s1. The molecule has 1 aliphatic carbocycles. The average Bonchev–Trinajstić information content (AvgIpc) is 3.42. The second kappa shape index (κ2) is 7.74. The summed E-state index contributed by atoms with van der Waals surface area (Å²) in [4.78, 5) is 21.0. The van der Waals surface area contributed by atoms with Gasteiger partial charge in [0.25, 0.3) is 0 Å². The van der Waals surface area contributed by atoms with Crippen molar-refractivity contribution in [2.75, 3.05) is 20.1 Å². The highest BCUT2D eigenvalue weighted by atomic mass is 19.1. The predicted octanol–water partition coefficient (Wildman–Crippen LogP) is 3.25. The van der Waals surface area contributed by atoms with E-state index in [0.717, 1.165) is 30.6 Å². The quantitative estimate of drug-likeness (QED) is 0.776. The largest absolute Gasteiger partial charge is 0.339 e. The maximum absolute atomic E-state index is 13.8. The first-order chi connectivity index (χ1) is 12.1. The van der Waals surface area contributed by atoms with Crippen LogP contribution in [0.25, 0.3) is 0 Å².